The minimum atomic E-state index is 0.588. The molecule has 0 saturated heterocycles. The molecule has 0 bridgehead atoms. The minimum Gasteiger partial charge on any atom is -0.382 e. The fourth-order valence-corrected chi connectivity index (χ4v) is 3.60. The molecule has 0 radical (unpaired) electrons. The van der Waals surface area contributed by atoms with Crippen molar-refractivity contribution in [1.82, 2.24) is 9.36 Å². The molecule has 6 heteroatoms. The van der Waals surface area contributed by atoms with Crippen molar-refractivity contribution < 1.29 is 0 Å². The molecule has 2 aromatic rings. The Balaban J connectivity index is 2.32. The summed E-state index contributed by atoms with van der Waals surface area (Å²) in [6, 6.07) is 0. The van der Waals surface area contributed by atoms with Gasteiger partial charge in [0.05, 0.1) is 5.56 Å². The number of nitrogens with two attached hydrogens (primary N) is 1. The van der Waals surface area contributed by atoms with Gasteiger partial charge in [-0.05, 0) is 24.4 Å². The molecule has 0 aliphatic carbocycles. The summed E-state index contributed by atoms with van der Waals surface area (Å²) in [6.07, 6.45) is 1.17. The molecule has 0 spiro atoms. The molecular weight excluding hydrogens is 276 g/mol. The lowest BCUT2D eigenvalue weighted by Gasteiger charge is -2.21. The maximum absolute atomic E-state index is 6.02. The highest BCUT2D eigenvalue weighted by atomic mass is 32.1. The van der Waals surface area contributed by atoms with Crippen LogP contribution in [-0.4, -0.2) is 22.9 Å². The van der Waals surface area contributed by atoms with Crippen LogP contribution in [-0.2, 0) is 0 Å². The van der Waals surface area contributed by atoms with Gasteiger partial charge in [0.2, 0.25) is 0 Å². The first kappa shape index (κ1) is 14.3. The Morgan fingerprint density at radius 2 is 2.21 bits per heavy atom. The van der Waals surface area contributed by atoms with E-state index in [4.69, 9.17) is 5.73 Å². The Morgan fingerprint density at radius 3 is 2.79 bits per heavy atom. The quantitative estimate of drug-likeness (QED) is 0.915. The molecule has 0 aromatic carbocycles. The summed E-state index contributed by atoms with van der Waals surface area (Å²) in [5, 5.41) is 4.13. The summed E-state index contributed by atoms with van der Waals surface area (Å²) in [7, 11) is 2.10. The number of aryl methyl sites for hydroxylation is 1. The molecule has 2 rings (SSSR count). The number of aromatic nitrogens is 2. The van der Waals surface area contributed by atoms with E-state index in [0.717, 1.165) is 27.8 Å². The second-order valence-electron chi connectivity index (χ2n) is 4.94. The molecule has 0 saturated carbocycles. The summed E-state index contributed by atoms with van der Waals surface area (Å²) in [5.41, 5.74) is 8.05. The van der Waals surface area contributed by atoms with Crippen LogP contribution in [0.4, 0.5) is 10.8 Å². The zero-order valence-electron chi connectivity index (χ0n) is 11.8. The lowest BCUT2D eigenvalue weighted by atomic mass is 10.1. The molecular formula is C13H20N4S2. The third-order valence-corrected chi connectivity index (χ3v) is 5.12. The third kappa shape index (κ3) is 3.06. The van der Waals surface area contributed by atoms with E-state index in [9.17, 15) is 0 Å². The summed E-state index contributed by atoms with van der Waals surface area (Å²) in [6.45, 7) is 7.48. The van der Waals surface area contributed by atoms with E-state index >= 15 is 0 Å². The van der Waals surface area contributed by atoms with Gasteiger partial charge in [0, 0.05) is 24.7 Å². The van der Waals surface area contributed by atoms with Gasteiger partial charge in [0.25, 0.3) is 0 Å². The monoisotopic (exact) mass is 296 g/mol. The molecule has 1 atom stereocenters. The molecule has 19 heavy (non-hydrogen) atoms. The predicted molar refractivity (Wildman–Crippen MR) is 85.1 cm³/mol. The Kier molecular flexibility index (Phi) is 4.42. The van der Waals surface area contributed by atoms with Crippen LogP contribution in [0.3, 0.4) is 0 Å². The van der Waals surface area contributed by atoms with Crippen molar-refractivity contribution in [1.29, 1.82) is 0 Å². The highest BCUT2D eigenvalue weighted by molar-refractivity contribution is 7.15. The number of hydrogen-bond acceptors (Lipinski definition) is 6. The van der Waals surface area contributed by atoms with Crippen molar-refractivity contribution in [2.75, 3.05) is 24.2 Å². The fraction of sp³-hybridized carbons (Fsp3) is 0.538. The van der Waals surface area contributed by atoms with Gasteiger partial charge in [-0.3, -0.25) is 0 Å². The van der Waals surface area contributed by atoms with Gasteiger partial charge < -0.3 is 10.6 Å². The van der Waals surface area contributed by atoms with E-state index in [0.29, 0.717) is 11.7 Å². The van der Waals surface area contributed by atoms with Crippen molar-refractivity contribution in [3.05, 3.63) is 11.1 Å². The third-order valence-electron chi connectivity index (χ3n) is 3.16. The molecule has 0 aliphatic heterocycles. The second kappa shape index (κ2) is 5.88. The van der Waals surface area contributed by atoms with Crippen LogP contribution in [0.2, 0.25) is 0 Å². The van der Waals surface area contributed by atoms with Crippen molar-refractivity contribution in [3.63, 3.8) is 0 Å². The molecule has 4 nitrogen and oxygen atoms in total. The van der Waals surface area contributed by atoms with Crippen LogP contribution in [0.25, 0.3) is 10.6 Å². The Morgan fingerprint density at radius 1 is 1.47 bits per heavy atom. The van der Waals surface area contributed by atoms with Crippen molar-refractivity contribution in [3.8, 4) is 10.6 Å². The Hall–Kier alpha value is -1.14. The van der Waals surface area contributed by atoms with Gasteiger partial charge in [-0.1, -0.05) is 20.3 Å². The van der Waals surface area contributed by atoms with E-state index in [1.807, 2.05) is 12.3 Å². The smallest absolute Gasteiger partial charge is 0.149 e. The second-order valence-corrected chi connectivity index (χ2v) is 6.55. The summed E-state index contributed by atoms with van der Waals surface area (Å²) < 4.78 is 4.30. The Labute approximate surface area is 122 Å². The van der Waals surface area contributed by atoms with Crippen LogP contribution in [0.5, 0.6) is 0 Å². The Bertz CT molecular complexity index is 547. The SMILES string of the molecule is CCC(C)CN(C)c1snc(N)c1-c1nc(C)cs1. The van der Waals surface area contributed by atoms with E-state index in [2.05, 4.69) is 35.2 Å². The minimum absolute atomic E-state index is 0.588. The van der Waals surface area contributed by atoms with Gasteiger partial charge in [0.1, 0.15) is 15.8 Å². The van der Waals surface area contributed by atoms with Crippen molar-refractivity contribution in [2.24, 2.45) is 5.92 Å². The molecule has 2 heterocycles. The largest absolute Gasteiger partial charge is 0.382 e. The average molecular weight is 296 g/mol. The van der Waals surface area contributed by atoms with Crippen molar-refractivity contribution >= 4 is 33.7 Å². The lowest BCUT2D eigenvalue weighted by molar-refractivity contribution is 0.561. The van der Waals surface area contributed by atoms with Crippen LogP contribution in [0, 0.1) is 12.8 Å². The first-order valence-corrected chi connectivity index (χ1v) is 8.07. The van der Waals surface area contributed by atoms with Gasteiger partial charge in [-0.15, -0.1) is 11.3 Å². The van der Waals surface area contributed by atoms with Gasteiger partial charge in [-0.2, -0.15) is 4.37 Å². The van der Waals surface area contributed by atoms with Crippen LogP contribution >= 0.6 is 22.9 Å². The standard InChI is InChI=1S/C13H20N4S2/c1-5-8(2)6-17(4)13-10(11(14)16-19-13)12-15-9(3)7-18-12/h7-8H,5-6H2,1-4H3,(H2,14,16). The molecule has 2 aromatic heterocycles. The maximum Gasteiger partial charge on any atom is 0.149 e. The summed E-state index contributed by atoms with van der Waals surface area (Å²) >= 11 is 3.08. The molecule has 0 fully saturated rings. The molecule has 0 amide bonds. The van der Waals surface area contributed by atoms with Crippen LogP contribution in [0.1, 0.15) is 26.0 Å². The van der Waals surface area contributed by atoms with E-state index in [-0.39, 0.29) is 0 Å². The molecule has 0 aliphatic rings. The number of anilines is 2. The molecule has 1 unspecified atom stereocenters. The zero-order chi connectivity index (χ0) is 14.0. The lowest BCUT2D eigenvalue weighted by Crippen LogP contribution is -2.23. The number of nitrogen functional groups attached to an aromatic ring is 1. The highest BCUT2D eigenvalue weighted by Crippen LogP contribution is 2.40. The first-order chi connectivity index (χ1) is 9.02. The number of thiazole rings is 1. The average Bonchev–Trinajstić information content (AvgIpc) is 2.95. The van der Waals surface area contributed by atoms with E-state index in [1.54, 1.807) is 11.3 Å². The van der Waals surface area contributed by atoms with E-state index < -0.39 is 0 Å². The topological polar surface area (TPSA) is 55.0 Å². The van der Waals surface area contributed by atoms with Crippen molar-refractivity contribution in [2.45, 2.75) is 27.2 Å². The summed E-state index contributed by atoms with van der Waals surface area (Å²) in [4.78, 5) is 6.78. The maximum atomic E-state index is 6.02. The fourth-order valence-electron chi connectivity index (χ4n) is 1.90. The predicted octanol–water partition coefficient (Wildman–Crippen LogP) is 3.64. The number of rotatable bonds is 5. The van der Waals surface area contributed by atoms with Gasteiger partial charge in [-0.25, -0.2) is 4.98 Å². The highest BCUT2D eigenvalue weighted by Gasteiger charge is 2.20. The van der Waals surface area contributed by atoms with Gasteiger partial charge >= 0.3 is 0 Å². The summed E-state index contributed by atoms with van der Waals surface area (Å²) in [5.74, 6) is 1.24. The first-order valence-electron chi connectivity index (χ1n) is 6.41. The normalized spacial score (nSPS) is 12.6. The molecule has 104 valence electrons. The zero-order valence-corrected chi connectivity index (χ0v) is 13.4. The van der Waals surface area contributed by atoms with Gasteiger partial charge in [0.15, 0.2) is 0 Å². The molecule has 2 N–H and O–H groups in total. The van der Waals surface area contributed by atoms with E-state index in [1.165, 1.54) is 18.0 Å². The number of nitrogens with zero attached hydrogens (tertiary/aromatic N) is 3. The van der Waals surface area contributed by atoms with Crippen LogP contribution in [0.15, 0.2) is 5.38 Å². The van der Waals surface area contributed by atoms with Crippen LogP contribution < -0.4 is 10.6 Å². The number of hydrogen-bond donors (Lipinski definition) is 1.